The Kier molecular flexibility index (Phi) is 4.55. The summed E-state index contributed by atoms with van der Waals surface area (Å²) >= 11 is 6.04. The third-order valence-corrected chi connectivity index (χ3v) is 4.64. The van der Waals surface area contributed by atoms with Gasteiger partial charge in [-0.2, -0.15) is 0 Å². The van der Waals surface area contributed by atoms with Crippen molar-refractivity contribution < 1.29 is 4.79 Å². The predicted molar refractivity (Wildman–Crippen MR) is 111 cm³/mol. The lowest BCUT2D eigenvalue weighted by Crippen LogP contribution is -2.12. The smallest absolute Gasteiger partial charge is 0.249 e. The summed E-state index contributed by atoms with van der Waals surface area (Å²) in [5.74, 6) is -0.314. The number of anilines is 1. The van der Waals surface area contributed by atoms with Crippen LogP contribution in [-0.4, -0.2) is 20.9 Å². The van der Waals surface area contributed by atoms with Crippen LogP contribution in [0.4, 0.5) is 5.95 Å². The van der Waals surface area contributed by atoms with Crippen LogP contribution in [0.1, 0.15) is 10.4 Å². The molecule has 2 aromatic heterocycles. The van der Waals surface area contributed by atoms with Gasteiger partial charge in [0.05, 0.1) is 17.1 Å². The molecule has 6 nitrogen and oxygen atoms in total. The van der Waals surface area contributed by atoms with Crippen molar-refractivity contribution in [3.05, 3.63) is 77.4 Å². The first-order chi connectivity index (χ1) is 13.5. The van der Waals surface area contributed by atoms with Crippen LogP contribution in [0, 0.1) is 0 Å². The summed E-state index contributed by atoms with van der Waals surface area (Å²) < 4.78 is 0. The number of aromatic amines is 1. The number of amides is 1. The highest BCUT2D eigenvalue weighted by Gasteiger charge is 2.18. The monoisotopic (exact) mass is 389 g/mol. The summed E-state index contributed by atoms with van der Waals surface area (Å²) in [5.41, 5.74) is 16.4. The number of aromatic nitrogens is 3. The van der Waals surface area contributed by atoms with Crippen LogP contribution in [0.3, 0.4) is 0 Å². The van der Waals surface area contributed by atoms with Crippen molar-refractivity contribution in [1.82, 2.24) is 15.0 Å². The summed E-state index contributed by atoms with van der Waals surface area (Å²) in [6.45, 7) is 0. The van der Waals surface area contributed by atoms with Gasteiger partial charge in [0.2, 0.25) is 11.9 Å². The molecule has 0 atom stereocenters. The number of benzene rings is 2. The lowest BCUT2D eigenvalue weighted by Gasteiger charge is -2.08. The van der Waals surface area contributed by atoms with Gasteiger partial charge in [0.15, 0.2) is 0 Å². The molecule has 0 bridgehead atoms. The molecule has 0 saturated carbocycles. The van der Waals surface area contributed by atoms with Crippen molar-refractivity contribution in [3.8, 4) is 33.8 Å². The molecular weight excluding hydrogens is 374 g/mol. The number of carbonyl (C=O) groups excluding carboxylic acids is 1. The van der Waals surface area contributed by atoms with Gasteiger partial charge in [-0.3, -0.25) is 4.79 Å². The molecule has 0 aliphatic rings. The molecule has 2 aromatic carbocycles. The van der Waals surface area contributed by atoms with E-state index in [4.69, 9.17) is 23.1 Å². The molecule has 0 saturated heterocycles. The summed E-state index contributed by atoms with van der Waals surface area (Å²) in [4.78, 5) is 23.6. The molecule has 4 aromatic rings. The van der Waals surface area contributed by atoms with Crippen molar-refractivity contribution in [2.75, 3.05) is 5.73 Å². The lowest BCUT2D eigenvalue weighted by molar-refractivity contribution is 0.100. The summed E-state index contributed by atoms with van der Waals surface area (Å²) in [6, 6.07) is 18.3. The van der Waals surface area contributed by atoms with Crippen molar-refractivity contribution in [3.63, 3.8) is 0 Å². The van der Waals surface area contributed by atoms with E-state index >= 15 is 0 Å². The number of hydrogen-bond donors (Lipinski definition) is 3. The number of nitrogens with zero attached hydrogens (tertiary/aromatic N) is 2. The molecule has 4 rings (SSSR count). The van der Waals surface area contributed by atoms with E-state index < -0.39 is 5.91 Å². The van der Waals surface area contributed by atoms with Crippen molar-refractivity contribution >= 4 is 23.5 Å². The molecule has 0 unspecified atom stereocenters. The maximum atomic E-state index is 12.0. The van der Waals surface area contributed by atoms with Crippen LogP contribution in [-0.2, 0) is 0 Å². The third kappa shape index (κ3) is 3.33. The van der Waals surface area contributed by atoms with Crippen molar-refractivity contribution in [2.24, 2.45) is 5.73 Å². The highest BCUT2D eigenvalue weighted by molar-refractivity contribution is 6.30. The number of hydrogen-bond acceptors (Lipinski definition) is 4. The molecule has 5 N–H and O–H groups in total. The Hall–Kier alpha value is -3.64. The molecular formula is C21H16ClN5O. The van der Waals surface area contributed by atoms with Gasteiger partial charge in [0.25, 0.3) is 0 Å². The summed E-state index contributed by atoms with van der Waals surface area (Å²) in [6.07, 6.45) is 1.59. The number of H-pyrrole nitrogens is 1. The van der Waals surface area contributed by atoms with E-state index in [2.05, 4.69) is 15.0 Å². The quantitative estimate of drug-likeness (QED) is 0.487. The number of carbonyl (C=O) groups is 1. The minimum atomic E-state index is -0.494. The zero-order valence-corrected chi connectivity index (χ0v) is 15.4. The predicted octanol–water partition coefficient (Wildman–Crippen LogP) is 4.14. The summed E-state index contributed by atoms with van der Waals surface area (Å²) in [5, 5.41) is 0.637. The zero-order chi connectivity index (χ0) is 19.7. The van der Waals surface area contributed by atoms with Crippen LogP contribution in [0.5, 0.6) is 0 Å². The van der Waals surface area contributed by atoms with E-state index in [1.54, 1.807) is 24.4 Å². The Bertz CT molecular complexity index is 1170. The average molecular weight is 390 g/mol. The fourth-order valence-electron chi connectivity index (χ4n) is 3.11. The Balaban J connectivity index is 1.96. The normalized spacial score (nSPS) is 10.8. The van der Waals surface area contributed by atoms with Crippen LogP contribution in [0.25, 0.3) is 33.8 Å². The molecule has 28 heavy (non-hydrogen) atoms. The van der Waals surface area contributed by atoms with E-state index in [9.17, 15) is 4.79 Å². The largest absolute Gasteiger partial charge is 0.368 e. The Morgan fingerprint density at radius 3 is 2.46 bits per heavy atom. The Morgan fingerprint density at radius 1 is 1.00 bits per heavy atom. The van der Waals surface area contributed by atoms with Crippen LogP contribution in [0.2, 0.25) is 5.02 Å². The topological polar surface area (TPSA) is 111 Å². The summed E-state index contributed by atoms with van der Waals surface area (Å²) in [7, 11) is 0. The number of nitrogens with one attached hydrogen (secondary N) is 1. The van der Waals surface area contributed by atoms with Gasteiger partial charge >= 0.3 is 0 Å². The molecule has 7 heteroatoms. The highest BCUT2D eigenvalue weighted by Crippen LogP contribution is 2.37. The van der Waals surface area contributed by atoms with Gasteiger partial charge in [0, 0.05) is 22.3 Å². The number of primary amides is 1. The van der Waals surface area contributed by atoms with Gasteiger partial charge in [-0.25, -0.2) is 9.97 Å². The molecule has 1 amide bonds. The van der Waals surface area contributed by atoms with Crippen LogP contribution < -0.4 is 11.5 Å². The fraction of sp³-hybridized carbons (Fsp3) is 0. The second kappa shape index (κ2) is 7.17. The van der Waals surface area contributed by atoms with E-state index in [0.29, 0.717) is 16.3 Å². The van der Waals surface area contributed by atoms with Gasteiger partial charge in [-0.05, 0) is 41.5 Å². The van der Waals surface area contributed by atoms with E-state index in [1.165, 1.54) is 0 Å². The lowest BCUT2D eigenvalue weighted by atomic mass is 9.96. The SMILES string of the molecule is NC(=O)c1ccccc1-c1cc(-c2ccnc(N)n2)[nH]c1-c1ccc(Cl)cc1. The fourth-order valence-corrected chi connectivity index (χ4v) is 3.23. The maximum Gasteiger partial charge on any atom is 0.249 e. The van der Waals surface area contributed by atoms with Crippen LogP contribution >= 0.6 is 11.6 Å². The molecule has 0 radical (unpaired) electrons. The highest BCUT2D eigenvalue weighted by atomic mass is 35.5. The van der Waals surface area contributed by atoms with Crippen molar-refractivity contribution in [1.29, 1.82) is 0 Å². The molecule has 0 spiro atoms. The molecule has 0 aliphatic heterocycles. The van der Waals surface area contributed by atoms with E-state index in [0.717, 1.165) is 28.1 Å². The van der Waals surface area contributed by atoms with Gasteiger partial charge in [0.1, 0.15) is 0 Å². The Morgan fingerprint density at radius 2 is 1.75 bits per heavy atom. The van der Waals surface area contributed by atoms with Crippen molar-refractivity contribution in [2.45, 2.75) is 0 Å². The van der Waals surface area contributed by atoms with Gasteiger partial charge in [-0.1, -0.05) is 41.9 Å². The minimum Gasteiger partial charge on any atom is -0.368 e. The standard InChI is InChI=1S/C21H16ClN5O/c22-13-7-5-12(6-8-13)19-16(14-3-1-2-4-15(14)20(23)28)11-18(26-19)17-9-10-25-21(24)27-17/h1-11,26H,(H2,23,28)(H2,24,25,27). The van der Waals surface area contributed by atoms with Gasteiger partial charge < -0.3 is 16.5 Å². The number of nitrogen functional groups attached to an aromatic ring is 1. The number of halogens is 1. The number of nitrogens with two attached hydrogens (primary N) is 2. The molecule has 0 fully saturated rings. The second-order valence-electron chi connectivity index (χ2n) is 6.19. The molecule has 0 aliphatic carbocycles. The van der Waals surface area contributed by atoms with Crippen LogP contribution in [0.15, 0.2) is 66.9 Å². The molecule has 138 valence electrons. The zero-order valence-electron chi connectivity index (χ0n) is 14.7. The second-order valence-corrected chi connectivity index (χ2v) is 6.62. The Labute approximate surface area is 166 Å². The number of rotatable bonds is 4. The first-order valence-electron chi connectivity index (χ1n) is 8.50. The van der Waals surface area contributed by atoms with E-state index in [1.807, 2.05) is 42.5 Å². The first kappa shape index (κ1) is 17.8. The average Bonchev–Trinajstić information content (AvgIpc) is 3.14. The first-order valence-corrected chi connectivity index (χ1v) is 8.88. The molecule has 2 heterocycles. The third-order valence-electron chi connectivity index (χ3n) is 4.38. The minimum absolute atomic E-state index is 0.180. The van der Waals surface area contributed by atoms with Gasteiger partial charge in [-0.15, -0.1) is 0 Å². The van der Waals surface area contributed by atoms with E-state index in [-0.39, 0.29) is 5.95 Å². The maximum absolute atomic E-state index is 12.0.